The van der Waals surface area contributed by atoms with Crippen molar-refractivity contribution in [1.82, 2.24) is 10.2 Å². The van der Waals surface area contributed by atoms with E-state index in [1.165, 1.54) is 71.0 Å². The van der Waals surface area contributed by atoms with Gasteiger partial charge in [0.2, 0.25) is 0 Å². The Hall–Kier alpha value is -0.0800. The first-order chi connectivity index (χ1) is 10.0. The average Bonchev–Trinajstić information content (AvgIpc) is 2.90. The smallest absolute Gasteiger partial charge is 0.0159 e. The zero-order valence-electron chi connectivity index (χ0n) is 15.0. The van der Waals surface area contributed by atoms with Crippen molar-refractivity contribution in [3.05, 3.63) is 0 Å². The van der Waals surface area contributed by atoms with E-state index in [1.54, 1.807) is 0 Å². The van der Waals surface area contributed by atoms with E-state index < -0.39 is 0 Å². The molecule has 1 N–H and O–H groups in total. The molecular weight excluding hydrogens is 256 g/mol. The summed E-state index contributed by atoms with van der Waals surface area (Å²) in [5.74, 6) is 1.82. The lowest BCUT2D eigenvalue weighted by atomic mass is 9.67. The summed E-state index contributed by atoms with van der Waals surface area (Å²) in [7, 11) is 2.36. The summed E-state index contributed by atoms with van der Waals surface area (Å²) in [6, 6.07) is 0.706. The van der Waals surface area contributed by atoms with Crippen molar-refractivity contribution < 1.29 is 0 Å². The van der Waals surface area contributed by atoms with Crippen molar-refractivity contribution in [2.24, 2.45) is 17.3 Å². The molecule has 124 valence electrons. The van der Waals surface area contributed by atoms with E-state index in [-0.39, 0.29) is 0 Å². The van der Waals surface area contributed by atoms with Gasteiger partial charge in [0, 0.05) is 19.1 Å². The van der Waals surface area contributed by atoms with Gasteiger partial charge in [-0.25, -0.2) is 0 Å². The Morgan fingerprint density at radius 1 is 1.05 bits per heavy atom. The van der Waals surface area contributed by atoms with Gasteiger partial charge >= 0.3 is 0 Å². The van der Waals surface area contributed by atoms with Crippen LogP contribution in [0.5, 0.6) is 0 Å². The van der Waals surface area contributed by atoms with E-state index in [2.05, 4.69) is 38.0 Å². The fourth-order valence-electron chi connectivity index (χ4n) is 4.83. The summed E-state index contributed by atoms with van der Waals surface area (Å²) >= 11 is 0. The van der Waals surface area contributed by atoms with Crippen molar-refractivity contribution >= 4 is 0 Å². The van der Waals surface area contributed by atoms with Crippen LogP contribution in [0.4, 0.5) is 0 Å². The molecule has 2 rings (SSSR count). The lowest BCUT2D eigenvalue weighted by molar-refractivity contribution is 0.0817. The minimum absolute atomic E-state index is 0.465. The van der Waals surface area contributed by atoms with Crippen LogP contribution in [0.2, 0.25) is 0 Å². The number of nitrogens with zero attached hydrogens (tertiary/aromatic N) is 1. The van der Waals surface area contributed by atoms with E-state index in [1.807, 2.05) is 0 Å². The molecule has 2 saturated carbocycles. The van der Waals surface area contributed by atoms with Crippen LogP contribution in [0, 0.1) is 17.3 Å². The molecule has 0 aromatic rings. The van der Waals surface area contributed by atoms with E-state index >= 15 is 0 Å². The first-order valence-corrected chi connectivity index (χ1v) is 9.45. The summed E-state index contributed by atoms with van der Waals surface area (Å²) in [5.41, 5.74) is 0.465. The molecule has 0 aromatic heterocycles. The predicted molar refractivity (Wildman–Crippen MR) is 92.7 cm³/mol. The third-order valence-electron chi connectivity index (χ3n) is 5.91. The molecule has 0 bridgehead atoms. The Kier molecular flexibility index (Phi) is 6.55. The third-order valence-corrected chi connectivity index (χ3v) is 5.91. The van der Waals surface area contributed by atoms with Crippen LogP contribution < -0.4 is 5.32 Å². The SMILES string of the molecule is CCCNC1C(CN(C)CC2CCCC2)CCCC1(C)C. The van der Waals surface area contributed by atoms with Gasteiger partial charge in [-0.3, -0.25) is 0 Å². The maximum Gasteiger partial charge on any atom is 0.0159 e. The molecule has 2 fully saturated rings. The molecule has 2 heteroatoms. The number of hydrogen-bond donors (Lipinski definition) is 1. The van der Waals surface area contributed by atoms with Gasteiger partial charge in [0.25, 0.3) is 0 Å². The average molecular weight is 295 g/mol. The largest absolute Gasteiger partial charge is 0.313 e. The normalized spacial score (nSPS) is 30.1. The van der Waals surface area contributed by atoms with Crippen LogP contribution in [0.3, 0.4) is 0 Å². The predicted octanol–water partition coefficient (Wildman–Crippen LogP) is 4.30. The molecule has 0 amide bonds. The molecule has 2 aliphatic rings. The Morgan fingerprint density at radius 3 is 2.43 bits per heavy atom. The topological polar surface area (TPSA) is 15.3 Å². The van der Waals surface area contributed by atoms with Gasteiger partial charge in [-0.1, -0.05) is 40.0 Å². The summed E-state index contributed by atoms with van der Waals surface area (Å²) < 4.78 is 0. The molecule has 21 heavy (non-hydrogen) atoms. The van der Waals surface area contributed by atoms with Crippen LogP contribution in [-0.4, -0.2) is 37.6 Å². The van der Waals surface area contributed by atoms with Crippen LogP contribution in [0.15, 0.2) is 0 Å². The van der Waals surface area contributed by atoms with Gasteiger partial charge in [0.05, 0.1) is 0 Å². The number of nitrogens with one attached hydrogen (secondary N) is 1. The molecule has 0 heterocycles. The summed E-state index contributed by atoms with van der Waals surface area (Å²) in [6.07, 6.45) is 11.3. The Labute approximate surface area is 133 Å². The maximum atomic E-state index is 3.88. The minimum Gasteiger partial charge on any atom is -0.313 e. The molecule has 2 aliphatic carbocycles. The molecule has 0 saturated heterocycles. The van der Waals surface area contributed by atoms with Crippen LogP contribution in [0.25, 0.3) is 0 Å². The third kappa shape index (κ3) is 4.96. The Bertz CT molecular complexity index is 294. The Morgan fingerprint density at radius 2 is 1.76 bits per heavy atom. The second-order valence-corrected chi connectivity index (χ2v) is 8.44. The van der Waals surface area contributed by atoms with E-state index in [9.17, 15) is 0 Å². The maximum absolute atomic E-state index is 3.88. The number of hydrogen-bond acceptors (Lipinski definition) is 2. The molecular formula is C19H38N2. The van der Waals surface area contributed by atoms with Crippen LogP contribution in [0.1, 0.15) is 72.1 Å². The fourth-order valence-corrected chi connectivity index (χ4v) is 4.83. The van der Waals surface area contributed by atoms with Crippen molar-refractivity contribution in [1.29, 1.82) is 0 Å². The first-order valence-electron chi connectivity index (χ1n) is 9.45. The molecule has 0 aromatic carbocycles. The van der Waals surface area contributed by atoms with Gasteiger partial charge < -0.3 is 10.2 Å². The molecule has 0 spiro atoms. The minimum atomic E-state index is 0.465. The molecule has 0 radical (unpaired) electrons. The van der Waals surface area contributed by atoms with Crippen molar-refractivity contribution in [3.63, 3.8) is 0 Å². The monoisotopic (exact) mass is 294 g/mol. The standard InChI is InChI=1S/C19H38N2/c1-5-13-20-18-17(11-8-12-19(18,2)3)15-21(4)14-16-9-6-7-10-16/h16-18,20H,5-15H2,1-4H3. The van der Waals surface area contributed by atoms with Gasteiger partial charge in [0.15, 0.2) is 0 Å². The molecule has 0 aliphatic heterocycles. The van der Waals surface area contributed by atoms with Gasteiger partial charge in [-0.15, -0.1) is 0 Å². The number of rotatable bonds is 7. The van der Waals surface area contributed by atoms with Gasteiger partial charge in [-0.2, -0.15) is 0 Å². The quantitative estimate of drug-likeness (QED) is 0.753. The second-order valence-electron chi connectivity index (χ2n) is 8.44. The van der Waals surface area contributed by atoms with Crippen molar-refractivity contribution in [2.45, 2.75) is 78.2 Å². The second kappa shape index (κ2) is 7.97. The molecule has 2 nitrogen and oxygen atoms in total. The Balaban J connectivity index is 1.88. The fraction of sp³-hybridized carbons (Fsp3) is 1.00. The highest BCUT2D eigenvalue weighted by Crippen LogP contribution is 2.39. The van der Waals surface area contributed by atoms with Crippen molar-refractivity contribution in [3.8, 4) is 0 Å². The summed E-state index contributed by atoms with van der Waals surface area (Å²) in [5, 5.41) is 3.88. The zero-order valence-corrected chi connectivity index (χ0v) is 15.0. The highest BCUT2D eigenvalue weighted by Gasteiger charge is 2.38. The van der Waals surface area contributed by atoms with Crippen LogP contribution in [-0.2, 0) is 0 Å². The zero-order chi connectivity index (χ0) is 15.3. The highest BCUT2D eigenvalue weighted by molar-refractivity contribution is 4.94. The molecule has 2 unspecified atom stereocenters. The van der Waals surface area contributed by atoms with Gasteiger partial charge in [-0.05, 0) is 62.9 Å². The first kappa shape index (κ1) is 17.3. The van der Waals surface area contributed by atoms with Gasteiger partial charge in [0.1, 0.15) is 0 Å². The van der Waals surface area contributed by atoms with Crippen LogP contribution >= 0.6 is 0 Å². The lowest BCUT2D eigenvalue weighted by Gasteiger charge is -2.46. The lowest BCUT2D eigenvalue weighted by Crippen LogP contribution is -2.53. The van der Waals surface area contributed by atoms with Crippen molar-refractivity contribution in [2.75, 3.05) is 26.7 Å². The summed E-state index contributed by atoms with van der Waals surface area (Å²) in [6.45, 7) is 11.0. The highest BCUT2D eigenvalue weighted by atomic mass is 15.1. The summed E-state index contributed by atoms with van der Waals surface area (Å²) in [4.78, 5) is 2.64. The van der Waals surface area contributed by atoms with E-state index in [0.29, 0.717) is 11.5 Å². The van der Waals surface area contributed by atoms with E-state index in [0.717, 1.165) is 11.8 Å². The molecule has 2 atom stereocenters. The van der Waals surface area contributed by atoms with E-state index in [4.69, 9.17) is 0 Å².